The lowest BCUT2D eigenvalue weighted by Gasteiger charge is -2.07. The van der Waals surface area contributed by atoms with Crippen molar-refractivity contribution in [3.63, 3.8) is 0 Å². The van der Waals surface area contributed by atoms with Crippen LogP contribution in [0.2, 0.25) is 5.02 Å². The average molecular weight is 314 g/mol. The molecule has 0 saturated heterocycles. The number of rotatable bonds is 5. The van der Waals surface area contributed by atoms with E-state index < -0.39 is 9.84 Å². The molecule has 6 heteroatoms. The summed E-state index contributed by atoms with van der Waals surface area (Å²) in [5, 5.41) is 3.37. The predicted molar refractivity (Wildman–Crippen MR) is 78.4 cm³/mol. The number of hydrogen-bond acceptors (Lipinski definition) is 3. The highest BCUT2D eigenvalue weighted by Crippen LogP contribution is 2.15. The Morgan fingerprint density at radius 3 is 2.45 bits per heavy atom. The molecule has 0 spiro atoms. The Hall–Kier alpha value is -1.59. The third-order valence-corrected chi connectivity index (χ3v) is 4.68. The summed E-state index contributed by atoms with van der Waals surface area (Å²) in [5.74, 6) is -0.443. The highest BCUT2D eigenvalue weighted by molar-refractivity contribution is 7.91. The van der Waals surface area contributed by atoms with E-state index in [1.54, 1.807) is 12.1 Å². The molecule has 0 saturated carbocycles. The van der Waals surface area contributed by atoms with Gasteiger partial charge in [-0.3, -0.25) is 0 Å². The van der Waals surface area contributed by atoms with Crippen LogP contribution >= 0.6 is 11.6 Å². The quantitative estimate of drug-likeness (QED) is 0.920. The van der Waals surface area contributed by atoms with Crippen molar-refractivity contribution in [2.45, 2.75) is 4.90 Å². The third-order valence-electron chi connectivity index (χ3n) is 2.70. The second-order valence-corrected chi connectivity index (χ2v) is 6.76. The van der Waals surface area contributed by atoms with E-state index in [0.717, 1.165) is 0 Å². The molecular formula is C14H13ClFNO2S. The Kier molecular flexibility index (Phi) is 4.62. The van der Waals surface area contributed by atoms with Gasteiger partial charge in [0.05, 0.1) is 10.6 Å². The van der Waals surface area contributed by atoms with Crippen molar-refractivity contribution in [3.05, 3.63) is 59.4 Å². The summed E-state index contributed by atoms with van der Waals surface area (Å²) >= 11 is 5.72. The summed E-state index contributed by atoms with van der Waals surface area (Å²) in [5.41, 5.74) is 0.552. The van der Waals surface area contributed by atoms with Crippen molar-refractivity contribution in [1.29, 1.82) is 0 Å². The minimum Gasteiger partial charge on any atom is -0.384 e. The van der Waals surface area contributed by atoms with Crippen LogP contribution in [0.4, 0.5) is 10.1 Å². The van der Waals surface area contributed by atoms with Crippen molar-refractivity contribution in [3.8, 4) is 0 Å². The van der Waals surface area contributed by atoms with Crippen LogP contribution < -0.4 is 5.32 Å². The Balaban J connectivity index is 1.98. The minimum atomic E-state index is -3.37. The molecule has 0 bridgehead atoms. The van der Waals surface area contributed by atoms with Gasteiger partial charge in [0.25, 0.3) is 0 Å². The van der Waals surface area contributed by atoms with Gasteiger partial charge in [0.15, 0.2) is 9.84 Å². The first-order chi connectivity index (χ1) is 9.47. The largest absolute Gasteiger partial charge is 0.384 e. The molecule has 0 fully saturated rings. The zero-order valence-corrected chi connectivity index (χ0v) is 12.1. The van der Waals surface area contributed by atoms with Crippen molar-refractivity contribution >= 4 is 27.1 Å². The van der Waals surface area contributed by atoms with Crippen LogP contribution in [0.5, 0.6) is 0 Å². The maximum Gasteiger partial charge on any atom is 0.180 e. The van der Waals surface area contributed by atoms with Crippen LogP contribution in [0.15, 0.2) is 53.4 Å². The van der Waals surface area contributed by atoms with Crippen LogP contribution in [0.3, 0.4) is 0 Å². The molecule has 0 atom stereocenters. The third kappa shape index (κ3) is 3.95. The molecule has 0 aliphatic carbocycles. The first-order valence-corrected chi connectivity index (χ1v) is 7.98. The van der Waals surface area contributed by atoms with E-state index in [1.165, 1.54) is 36.4 Å². The van der Waals surface area contributed by atoms with Crippen LogP contribution in [0.1, 0.15) is 0 Å². The number of benzene rings is 2. The van der Waals surface area contributed by atoms with Gasteiger partial charge in [-0.25, -0.2) is 12.8 Å². The highest BCUT2D eigenvalue weighted by atomic mass is 35.5. The molecule has 0 unspecified atom stereocenters. The molecule has 0 amide bonds. The van der Waals surface area contributed by atoms with Gasteiger partial charge in [-0.05, 0) is 42.5 Å². The van der Waals surface area contributed by atoms with Crippen molar-refractivity contribution in [2.24, 2.45) is 0 Å². The molecule has 2 aromatic rings. The summed E-state index contributed by atoms with van der Waals surface area (Å²) in [4.78, 5) is 0.225. The molecule has 2 aromatic carbocycles. The zero-order chi connectivity index (χ0) is 14.6. The fraction of sp³-hybridized carbons (Fsp3) is 0.143. The maximum absolute atomic E-state index is 13.0. The van der Waals surface area contributed by atoms with Gasteiger partial charge < -0.3 is 5.32 Å². The van der Waals surface area contributed by atoms with Crippen LogP contribution in [0, 0.1) is 5.82 Å². The lowest BCUT2D eigenvalue weighted by Crippen LogP contribution is -2.15. The fourth-order valence-corrected chi connectivity index (χ4v) is 2.97. The van der Waals surface area contributed by atoms with Gasteiger partial charge in [0, 0.05) is 17.3 Å². The monoisotopic (exact) mass is 313 g/mol. The molecule has 20 heavy (non-hydrogen) atoms. The van der Waals surface area contributed by atoms with E-state index in [-0.39, 0.29) is 23.0 Å². The Bertz CT molecular complexity index is 687. The molecule has 2 rings (SSSR count). The van der Waals surface area contributed by atoms with Gasteiger partial charge in [-0.1, -0.05) is 17.7 Å². The molecule has 1 N–H and O–H groups in total. The molecule has 0 radical (unpaired) electrons. The molecular weight excluding hydrogens is 301 g/mol. The van der Waals surface area contributed by atoms with Gasteiger partial charge in [0.2, 0.25) is 0 Å². The standard InChI is InChI=1S/C14H13ClFNO2S/c15-11-4-6-14(7-5-11)20(18,19)9-8-17-13-3-1-2-12(16)10-13/h1-7,10,17H,8-9H2. The number of anilines is 1. The second kappa shape index (κ2) is 6.24. The van der Waals surface area contributed by atoms with E-state index in [4.69, 9.17) is 11.6 Å². The smallest absolute Gasteiger partial charge is 0.180 e. The van der Waals surface area contributed by atoms with Gasteiger partial charge >= 0.3 is 0 Å². The zero-order valence-electron chi connectivity index (χ0n) is 10.5. The van der Waals surface area contributed by atoms with E-state index >= 15 is 0 Å². The van der Waals surface area contributed by atoms with Crippen molar-refractivity contribution in [2.75, 3.05) is 17.6 Å². The lowest BCUT2D eigenvalue weighted by atomic mass is 10.3. The normalized spacial score (nSPS) is 11.3. The van der Waals surface area contributed by atoms with Crippen LogP contribution in [0.25, 0.3) is 0 Å². The first-order valence-electron chi connectivity index (χ1n) is 5.95. The summed E-state index contributed by atoms with van der Waals surface area (Å²) in [7, 11) is -3.37. The topological polar surface area (TPSA) is 46.2 Å². The maximum atomic E-state index is 13.0. The molecule has 0 heterocycles. The van der Waals surface area contributed by atoms with E-state index in [2.05, 4.69) is 5.32 Å². The van der Waals surface area contributed by atoms with E-state index in [1.807, 2.05) is 0 Å². The summed E-state index contributed by atoms with van der Waals surface area (Å²) in [6.45, 7) is 0.203. The highest BCUT2D eigenvalue weighted by Gasteiger charge is 2.13. The van der Waals surface area contributed by atoms with E-state index in [9.17, 15) is 12.8 Å². The van der Waals surface area contributed by atoms with Gasteiger partial charge in [-0.2, -0.15) is 0 Å². The SMILES string of the molecule is O=S(=O)(CCNc1cccc(F)c1)c1ccc(Cl)cc1. The Morgan fingerprint density at radius 2 is 1.80 bits per heavy atom. The van der Waals surface area contributed by atoms with Crippen molar-refractivity contribution < 1.29 is 12.8 Å². The fourth-order valence-electron chi connectivity index (χ4n) is 1.69. The van der Waals surface area contributed by atoms with Crippen LogP contribution in [-0.2, 0) is 9.84 Å². The van der Waals surface area contributed by atoms with Crippen LogP contribution in [-0.4, -0.2) is 20.7 Å². The van der Waals surface area contributed by atoms with E-state index in [0.29, 0.717) is 10.7 Å². The molecule has 106 valence electrons. The Labute approximate surface area is 122 Å². The summed E-state index contributed by atoms with van der Waals surface area (Å²) in [6.07, 6.45) is 0. The molecule has 0 aliphatic rings. The number of hydrogen-bond donors (Lipinski definition) is 1. The molecule has 3 nitrogen and oxygen atoms in total. The van der Waals surface area contributed by atoms with Crippen molar-refractivity contribution in [1.82, 2.24) is 0 Å². The minimum absolute atomic E-state index is 0.0782. The molecule has 0 aliphatic heterocycles. The predicted octanol–water partition coefficient (Wildman–Crippen LogP) is 3.36. The number of sulfone groups is 1. The first kappa shape index (κ1) is 14.8. The van der Waals surface area contributed by atoms with Gasteiger partial charge in [-0.15, -0.1) is 0 Å². The summed E-state index contributed by atoms with van der Waals surface area (Å²) < 4.78 is 37.0. The van der Waals surface area contributed by atoms with Gasteiger partial charge in [0.1, 0.15) is 5.82 Å². The lowest BCUT2D eigenvalue weighted by molar-refractivity contribution is 0.596. The Morgan fingerprint density at radius 1 is 1.10 bits per heavy atom. The molecule has 0 aromatic heterocycles. The number of halogens is 2. The summed E-state index contributed by atoms with van der Waals surface area (Å²) in [6, 6.07) is 11.9. The number of nitrogens with one attached hydrogen (secondary N) is 1. The average Bonchev–Trinajstić information content (AvgIpc) is 2.39. The second-order valence-electron chi connectivity index (χ2n) is 4.21.